The van der Waals surface area contributed by atoms with Crippen LogP contribution in [0.15, 0.2) is 23.9 Å². The minimum Gasteiger partial charge on any atom is -0.497 e. The van der Waals surface area contributed by atoms with E-state index >= 15 is 0 Å². The van der Waals surface area contributed by atoms with Crippen LogP contribution in [0.1, 0.15) is 18.1 Å². The lowest BCUT2D eigenvalue weighted by atomic mass is 10.1. The molecule has 1 amide bonds. The molecule has 0 saturated heterocycles. The number of hydrogen-bond donors (Lipinski definition) is 2. The van der Waals surface area contributed by atoms with Crippen LogP contribution in [-0.2, 0) is 9.59 Å². The maximum Gasteiger partial charge on any atom is 0.352 e. The third-order valence-corrected chi connectivity index (χ3v) is 2.32. The monoisotopic (exact) mass is 249 g/mol. The van der Waals surface area contributed by atoms with Gasteiger partial charge in [0.2, 0.25) is 5.91 Å². The summed E-state index contributed by atoms with van der Waals surface area (Å²) in [6, 6.07) is 5.25. The fourth-order valence-corrected chi connectivity index (χ4v) is 1.43. The molecule has 0 unspecified atom stereocenters. The van der Waals surface area contributed by atoms with Crippen molar-refractivity contribution in [1.29, 1.82) is 0 Å². The van der Waals surface area contributed by atoms with Gasteiger partial charge in [-0.05, 0) is 36.3 Å². The Morgan fingerprint density at radius 1 is 1.39 bits per heavy atom. The zero-order valence-electron chi connectivity index (χ0n) is 10.5. The second-order valence-electron chi connectivity index (χ2n) is 3.77. The molecule has 0 spiro atoms. The Balaban J connectivity index is 3.11. The lowest BCUT2D eigenvalue weighted by Crippen LogP contribution is -2.24. The highest BCUT2D eigenvalue weighted by Crippen LogP contribution is 2.18. The quantitative estimate of drug-likeness (QED) is 0.794. The number of hydrogen-bond acceptors (Lipinski definition) is 3. The highest BCUT2D eigenvalue weighted by molar-refractivity contribution is 5.96. The highest BCUT2D eigenvalue weighted by Gasteiger charge is 2.09. The second kappa shape index (κ2) is 5.86. The van der Waals surface area contributed by atoms with E-state index in [2.05, 4.69) is 5.32 Å². The predicted octanol–water partition coefficient (Wildman–Crippen LogP) is 1.57. The molecule has 0 aliphatic heterocycles. The van der Waals surface area contributed by atoms with Crippen LogP contribution in [0, 0.1) is 6.92 Å². The van der Waals surface area contributed by atoms with Gasteiger partial charge in [-0.25, -0.2) is 4.79 Å². The van der Waals surface area contributed by atoms with Crippen LogP contribution >= 0.6 is 0 Å². The van der Waals surface area contributed by atoms with E-state index in [-0.39, 0.29) is 5.70 Å². The number of aryl methyl sites for hydroxylation is 1. The molecule has 2 N–H and O–H groups in total. The zero-order chi connectivity index (χ0) is 13.7. The van der Waals surface area contributed by atoms with Gasteiger partial charge in [0.05, 0.1) is 7.11 Å². The fourth-order valence-electron chi connectivity index (χ4n) is 1.43. The first kappa shape index (κ1) is 13.8. The van der Waals surface area contributed by atoms with Crippen molar-refractivity contribution in [1.82, 2.24) is 5.32 Å². The van der Waals surface area contributed by atoms with Crippen molar-refractivity contribution in [2.45, 2.75) is 13.8 Å². The van der Waals surface area contributed by atoms with Crippen molar-refractivity contribution >= 4 is 18.0 Å². The summed E-state index contributed by atoms with van der Waals surface area (Å²) in [5.41, 5.74) is 1.41. The average Bonchev–Trinajstić information content (AvgIpc) is 2.29. The Labute approximate surface area is 105 Å². The van der Waals surface area contributed by atoms with Gasteiger partial charge in [-0.2, -0.15) is 0 Å². The van der Waals surface area contributed by atoms with Gasteiger partial charge in [0.1, 0.15) is 11.4 Å². The molecule has 0 radical (unpaired) electrons. The van der Waals surface area contributed by atoms with Crippen molar-refractivity contribution in [2.75, 3.05) is 7.11 Å². The minimum atomic E-state index is -1.18. The van der Waals surface area contributed by atoms with Gasteiger partial charge in [-0.1, -0.05) is 6.07 Å². The van der Waals surface area contributed by atoms with Crippen molar-refractivity contribution in [3.63, 3.8) is 0 Å². The molecule has 0 aliphatic carbocycles. The summed E-state index contributed by atoms with van der Waals surface area (Å²) in [5, 5.41) is 11.2. The molecule has 18 heavy (non-hydrogen) atoms. The third-order valence-electron chi connectivity index (χ3n) is 2.32. The number of rotatable bonds is 4. The van der Waals surface area contributed by atoms with Crippen molar-refractivity contribution in [2.24, 2.45) is 0 Å². The van der Waals surface area contributed by atoms with E-state index in [0.29, 0.717) is 11.3 Å². The largest absolute Gasteiger partial charge is 0.497 e. The first-order chi connectivity index (χ1) is 8.43. The predicted molar refractivity (Wildman–Crippen MR) is 67.2 cm³/mol. The number of carboxylic acids is 1. The number of amides is 1. The van der Waals surface area contributed by atoms with Crippen molar-refractivity contribution < 1.29 is 19.4 Å². The molecule has 1 rings (SSSR count). The Kier molecular flexibility index (Phi) is 4.48. The smallest absolute Gasteiger partial charge is 0.352 e. The molecule has 5 nitrogen and oxygen atoms in total. The minimum absolute atomic E-state index is 0.157. The van der Waals surface area contributed by atoms with Gasteiger partial charge in [0.25, 0.3) is 0 Å². The van der Waals surface area contributed by atoms with E-state index in [4.69, 9.17) is 9.84 Å². The van der Waals surface area contributed by atoms with Gasteiger partial charge >= 0.3 is 5.97 Å². The van der Waals surface area contributed by atoms with Crippen LogP contribution < -0.4 is 10.1 Å². The number of carbonyl (C=O) groups is 2. The van der Waals surface area contributed by atoms with E-state index in [9.17, 15) is 9.59 Å². The maximum atomic E-state index is 11.0. The summed E-state index contributed by atoms with van der Waals surface area (Å²) in [6.07, 6.45) is 1.42. The van der Waals surface area contributed by atoms with Crippen LogP contribution in [0.4, 0.5) is 0 Å². The SMILES string of the molecule is COc1ccc(/C=C(/NC(C)=O)C(=O)O)c(C)c1. The summed E-state index contributed by atoms with van der Waals surface area (Å²) in [4.78, 5) is 21.9. The van der Waals surface area contributed by atoms with Crippen LogP contribution in [0.3, 0.4) is 0 Å². The van der Waals surface area contributed by atoms with E-state index in [1.54, 1.807) is 25.3 Å². The molecular formula is C13H15NO4. The number of carboxylic acid groups (broad SMARTS) is 1. The number of benzene rings is 1. The lowest BCUT2D eigenvalue weighted by Gasteiger charge is -2.07. The van der Waals surface area contributed by atoms with Crippen molar-refractivity contribution in [3.8, 4) is 5.75 Å². The normalized spacial score (nSPS) is 10.9. The maximum absolute atomic E-state index is 11.0. The fraction of sp³-hybridized carbons (Fsp3) is 0.231. The summed E-state index contributed by atoms with van der Waals surface area (Å²) >= 11 is 0. The zero-order valence-corrected chi connectivity index (χ0v) is 10.5. The van der Waals surface area contributed by atoms with E-state index in [1.807, 2.05) is 6.92 Å². The number of methoxy groups -OCH3 is 1. The average molecular weight is 249 g/mol. The van der Waals surface area contributed by atoms with Gasteiger partial charge in [-0.15, -0.1) is 0 Å². The van der Waals surface area contributed by atoms with Gasteiger partial charge in [0.15, 0.2) is 0 Å². The van der Waals surface area contributed by atoms with Crippen LogP contribution in [0.25, 0.3) is 6.08 Å². The molecule has 0 atom stereocenters. The number of nitrogens with one attached hydrogen (secondary N) is 1. The number of ether oxygens (including phenoxy) is 1. The summed E-state index contributed by atoms with van der Waals surface area (Å²) in [5.74, 6) is -0.906. The Morgan fingerprint density at radius 3 is 2.50 bits per heavy atom. The molecule has 5 heteroatoms. The molecule has 96 valence electrons. The van der Waals surface area contributed by atoms with E-state index < -0.39 is 11.9 Å². The Morgan fingerprint density at radius 2 is 2.06 bits per heavy atom. The first-order valence-corrected chi connectivity index (χ1v) is 5.31. The lowest BCUT2D eigenvalue weighted by molar-refractivity contribution is -0.134. The van der Waals surface area contributed by atoms with Crippen LogP contribution in [0.5, 0.6) is 5.75 Å². The second-order valence-corrected chi connectivity index (χ2v) is 3.77. The Bertz CT molecular complexity index is 506. The molecule has 0 bridgehead atoms. The summed E-state index contributed by atoms with van der Waals surface area (Å²) < 4.78 is 5.06. The molecular weight excluding hydrogens is 234 g/mol. The summed E-state index contributed by atoms with van der Waals surface area (Å²) in [6.45, 7) is 3.10. The number of aliphatic carboxylic acids is 1. The standard InChI is InChI=1S/C13H15NO4/c1-8-6-11(18-3)5-4-10(8)7-12(13(16)17)14-9(2)15/h4-7H,1-3H3,(H,14,15)(H,16,17)/b12-7+. The van der Waals surface area contributed by atoms with Gasteiger partial charge < -0.3 is 15.2 Å². The van der Waals surface area contributed by atoms with Crippen LogP contribution in [-0.4, -0.2) is 24.1 Å². The van der Waals surface area contributed by atoms with Gasteiger partial charge in [-0.3, -0.25) is 4.79 Å². The topological polar surface area (TPSA) is 75.6 Å². The van der Waals surface area contributed by atoms with E-state index in [1.165, 1.54) is 13.0 Å². The molecule has 0 heterocycles. The van der Waals surface area contributed by atoms with E-state index in [0.717, 1.165) is 5.56 Å². The van der Waals surface area contributed by atoms with Crippen molar-refractivity contribution in [3.05, 3.63) is 35.0 Å². The van der Waals surface area contributed by atoms with Crippen LogP contribution in [0.2, 0.25) is 0 Å². The third kappa shape index (κ3) is 3.62. The van der Waals surface area contributed by atoms with Gasteiger partial charge in [0, 0.05) is 6.92 Å². The molecule has 0 aliphatic rings. The molecule has 1 aromatic carbocycles. The molecule has 0 saturated carbocycles. The highest BCUT2D eigenvalue weighted by atomic mass is 16.5. The molecule has 0 aromatic heterocycles. The molecule has 0 fully saturated rings. The summed E-state index contributed by atoms with van der Waals surface area (Å²) in [7, 11) is 1.56. The first-order valence-electron chi connectivity index (χ1n) is 5.31. The molecule has 1 aromatic rings. The Hall–Kier alpha value is -2.30. The number of carbonyl (C=O) groups excluding carboxylic acids is 1.